The second-order valence-electron chi connectivity index (χ2n) is 6.86. The van der Waals surface area contributed by atoms with Gasteiger partial charge in [0.1, 0.15) is 4.90 Å². The standard InChI is InChI=1S/C18H20N2O4S2/c21-25(22,16-5-2-1-3-6-16)18-11-14-8-9-15(12-18)20(14)26(23,24)17-7-4-10-19-13-17/h1-7,10,13-15,18H,8-9,11-12H2. The molecule has 2 bridgehead atoms. The number of fused-ring (bicyclic) bond motifs is 2. The number of piperidine rings is 1. The predicted octanol–water partition coefficient (Wildman–Crippen LogP) is 2.24. The first-order chi connectivity index (χ1) is 12.4. The van der Waals surface area contributed by atoms with Gasteiger partial charge in [-0.2, -0.15) is 4.31 Å². The van der Waals surface area contributed by atoms with E-state index in [0.717, 1.165) is 0 Å². The van der Waals surface area contributed by atoms with Gasteiger partial charge in [0.25, 0.3) is 0 Å². The fourth-order valence-corrected chi connectivity index (χ4v) is 7.88. The average molecular weight is 393 g/mol. The molecule has 2 fully saturated rings. The maximum absolute atomic E-state index is 13.0. The average Bonchev–Trinajstić information content (AvgIpc) is 2.94. The molecule has 138 valence electrons. The van der Waals surface area contributed by atoms with Crippen LogP contribution in [0.2, 0.25) is 0 Å². The third-order valence-corrected chi connectivity index (χ3v) is 9.52. The summed E-state index contributed by atoms with van der Waals surface area (Å²) in [7, 11) is -7.11. The highest BCUT2D eigenvalue weighted by Gasteiger charge is 2.50. The molecular weight excluding hydrogens is 372 g/mol. The third kappa shape index (κ3) is 2.86. The van der Waals surface area contributed by atoms with E-state index in [1.165, 1.54) is 22.8 Å². The summed E-state index contributed by atoms with van der Waals surface area (Å²) in [4.78, 5) is 4.39. The van der Waals surface area contributed by atoms with Gasteiger partial charge in [0.15, 0.2) is 9.84 Å². The molecule has 0 spiro atoms. The SMILES string of the molecule is O=S(=O)(c1ccccc1)C1CC2CCC(C1)N2S(=O)(=O)c1cccnc1. The van der Waals surface area contributed by atoms with E-state index in [0.29, 0.717) is 30.6 Å². The highest BCUT2D eigenvalue weighted by Crippen LogP contribution is 2.42. The summed E-state index contributed by atoms with van der Waals surface area (Å²) >= 11 is 0. The Kier molecular flexibility index (Phi) is 4.37. The number of hydrogen-bond donors (Lipinski definition) is 0. The topological polar surface area (TPSA) is 84.4 Å². The van der Waals surface area contributed by atoms with Crippen molar-refractivity contribution < 1.29 is 16.8 Å². The molecule has 8 heteroatoms. The number of aromatic nitrogens is 1. The van der Waals surface area contributed by atoms with Gasteiger partial charge in [0.05, 0.1) is 10.1 Å². The van der Waals surface area contributed by atoms with Crippen LogP contribution in [0.1, 0.15) is 25.7 Å². The molecule has 0 saturated carbocycles. The third-order valence-electron chi connectivity index (χ3n) is 5.34. The largest absolute Gasteiger partial charge is 0.263 e. The number of pyridine rings is 1. The zero-order valence-electron chi connectivity index (χ0n) is 14.1. The molecule has 2 unspecified atom stereocenters. The van der Waals surface area contributed by atoms with E-state index >= 15 is 0 Å². The van der Waals surface area contributed by atoms with Crippen molar-refractivity contribution in [2.45, 2.75) is 52.8 Å². The van der Waals surface area contributed by atoms with Crippen LogP contribution in [-0.4, -0.2) is 43.5 Å². The molecular formula is C18H20N2O4S2. The van der Waals surface area contributed by atoms with Crippen molar-refractivity contribution in [3.8, 4) is 0 Å². The molecule has 2 aliphatic rings. The highest BCUT2D eigenvalue weighted by molar-refractivity contribution is 7.92. The molecule has 0 amide bonds. The van der Waals surface area contributed by atoms with Gasteiger partial charge in [-0.1, -0.05) is 18.2 Å². The number of benzene rings is 1. The minimum atomic E-state index is -3.66. The van der Waals surface area contributed by atoms with E-state index < -0.39 is 25.1 Å². The first-order valence-corrected chi connectivity index (χ1v) is 11.6. The second kappa shape index (κ2) is 6.44. The zero-order valence-corrected chi connectivity index (χ0v) is 15.7. The maximum atomic E-state index is 13.0. The van der Waals surface area contributed by atoms with Crippen LogP contribution in [0.5, 0.6) is 0 Å². The lowest BCUT2D eigenvalue weighted by molar-refractivity contribution is 0.249. The number of sulfonamides is 1. The Bertz CT molecular complexity index is 978. The van der Waals surface area contributed by atoms with E-state index in [-0.39, 0.29) is 17.0 Å². The summed E-state index contributed by atoms with van der Waals surface area (Å²) in [6, 6.07) is 11.0. The van der Waals surface area contributed by atoms with E-state index in [1.54, 1.807) is 36.4 Å². The van der Waals surface area contributed by atoms with Crippen molar-refractivity contribution >= 4 is 19.9 Å². The van der Waals surface area contributed by atoms with Crippen LogP contribution in [0.25, 0.3) is 0 Å². The van der Waals surface area contributed by atoms with Crippen LogP contribution in [0.15, 0.2) is 64.6 Å². The summed E-state index contributed by atoms with van der Waals surface area (Å²) in [6.45, 7) is 0. The lowest BCUT2D eigenvalue weighted by Gasteiger charge is -2.37. The summed E-state index contributed by atoms with van der Waals surface area (Å²) < 4.78 is 53.5. The van der Waals surface area contributed by atoms with E-state index in [2.05, 4.69) is 4.98 Å². The molecule has 2 atom stereocenters. The quantitative estimate of drug-likeness (QED) is 0.797. The summed E-state index contributed by atoms with van der Waals surface area (Å²) in [5, 5.41) is -0.539. The Balaban J connectivity index is 1.63. The van der Waals surface area contributed by atoms with Crippen molar-refractivity contribution in [1.82, 2.24) is 9.29 Å². The molecule has 4 rings (SSSR count). The van der Waals surface area contributed by atoms with Crippen LogP contribution >= 0.6 is 0 Å². The first-order valence-electron chi connectivity index (χ1n) is 8.63. The van der Waals surface area contributed by atoms with E-state index in [9.17, 15) is 16.8 Å². The molecule has 0 radical (unpaired) electrons. The molecule has 2 aliphatic heterocycles. The summed E-state index contributed by atoms with van der Waals surface area (Å²) in [5.74, 6) is 0. The Hall–Kier alpha value is -1.77. The number of rotatable bonds is 4. The van der Waals surface area contributed by atoms with Gasteiger partial charge in [0.2, 0.25) is 10.0 Å². The van der Waals surface area contributed by atoms with Crippen molar-refractivity contribution in [3.05, 3.63) is 54.9 Å². The fourth-order valence-electron chi connectivity index (χ4n) is 4.15. The number of sulfone groups is 1. The molecule has 0 N–H and O–H groups in total. The van der Waals surface area contributed by atoms with Crippen molar-refractivity contribution in [2.24, 2.45) is 0 Å². The molecule has 2 saturated heterocycles. The molecule has 6 nitrogen and oxygen atoms in total. The number of nitrogens with zero attached hydrogens (tertiary/aromatic N) is 2. The minimum Gasteiger partial charge on any atom is -0.263 e. The second-order valence-corrected chi connectivity index (χ2v) is 10.9. The highest BCUT2D eigenvalue weighted by atomic mass is 32.2. The van der Waals surface area contributed by atoms with Gasteiger partial charge < -0.3 is 0 Å². The van der Waals surface area contributed by atoms with E-state index in [4.69, 9.17) is 0 Å². The van der Waals surface area contributed by atoms with Gasteiger partial charge in [-0.3, -0.25) is 4.98 Å². The lowest BCUT2D eigenvalue weighted by Crippen LogP contribution is -2.49. The van der Waals surface area contributed by atoms with Crippen molar-refractivity contribution in [1.29, 1.82) is 0 Å². The van der Waals surface area contributed by atoms with Crippen LogP contribution in [0.4, 0.5) is 0 Å². The predicted molar refractivity (Wildman–Crippen MR) is 96.7 cm³/mol. The van der Waals surface area contributed by atoms with Crippen LogP contribution < -0.4 is 0 Å². The molecule has 26 heavy (non-hydrogen) atoms. The molecule has 3 heterocycles. The van der Waals surface area contributed by atoms with Crippen LogP contribution in [-0.2, 0) is 19.9 Å². The Morgan fingerprint density at radius 2 is 1.46 bits per heavy atom. The lowest BCUT2D eigenvalue weighted by atomic mass is 10.1. The smallest absolute Gasteiger partial charge is 0.245 e. The normalized spacial score (nSPS) is 26.7. The molecule has 1 aromatic heterocycles. The molecule has 1 aromatic carbocycles. The maximum Gasteiger partial charge on any atom is 0.245 e. The minimum absolute atomic E-state index is 0.168. The Morgan fingerprint density at radius 1 is 0.846 bits per heavy atom. The summed E-state index contributed by atoms with van der Waals surface area (Å²) in [5.41, 5.74) is 0. The fraction of sp³-hybridized carbons (Fsp3) is 0.389. The van der Waals surface area contributed by atoms with Gasteiger partial charge in [-0.25, -0.2) is 16.8 Å². The molecule has 2 aromatic rings. The summed E-state index contributed by atoms with van der Waals surface area (Å²) in [6.07, 6.45) is 4.96. The van der Waals surface area contributed by atoms with Gasteiger partial charge in [0, 0.05) is 24.5 Å². The number of hydrogen-bond acceptors (Lipinski definition) is 5. The molecule has 0 aliphatic carbocycles. The van der Waals surface area contributed by atoms with Gasteiger partial charge in [-0.15, -0.1) is 0 Å². The van der Waals surface area contributed by atoms with Crippen molar-refractivity contribution in [2.75, 3.05) is 0 Å². The van der Waals surface area contributed by atoms with Gasteiger partial charge in [-0.05, 0) is 49.9 Å². The van der Waals surface area contributed by atoms with Crippen LogP contribution in [0, 0.1) is 0 Å². The Labute approximate surface area is 153 Å². The van der Waals surface area contributed by atoms with Crippen molar-refractivity contribution in [3.63, 3.8) is 0 Å². The first kappa shape index (κ1) is 17.6. The zero-order chi connectivity index (χ0) is 18.4. The van der Waals surface area contributed by atoms with Crippen LogP contribution in [0.3, 0.4) is 0 Å². The Morgan fingerprint density at radius 3 is 2.04 bits per heavy atom. The monoisotopic (exact) mass is 392 g/mol. The van der Waals surface area contributed by atoms with Gasteiger partial charge >= 0.3 is 0 Å². The van der Waals surface area contributed by atoms with E-state index in [1.807, 2.05) is 0 Å².